The first-order valence-corrected chi connectivity index (χ1v) is 10.6. The van der Waals surface area contributed by atoms with Crippen LogP contribution in [0.2, 0.25) is 0 Å². The third-order valence-electron chi connectivity index (χ3n) is 9.02. The van der Waals surface area contributed by atoms with Crippen molar-refractivity contribution < 1.29 is 23.5 Å². The van der Waals surface area contributed by atoms with Gasteiger partial charge in [0.25, 0.3) is 0 Å². The van der Waals surface area contributed by atoms with Crippen LogP contribution >= 0.6 is 0 Å². The van der Waals surface area contributed by atoms with Crippen molar-refractivity contribution >= 4 is 17.5 Å². The van der Waals surface area contributed by atoms with Crippen molar-refractivity contribution in [2.75, 3.05) is 0 Å². The molecule has 3 saturated carbocycles. The SMILES string of the molecule is CC(=O)O[C@]1(C)CC[C@H]2[C@@H]3C[C@H](C)C4=CC(=O)CC[C@]4(C)C3(F)C(=O)C[C@@]21C. The predicted molar refractivity (Wildman–Crippen MR) is 102 cm³/mol. The standard InChI is InChI=1S/C23H31FO4/c1-13-10-18-16-7-9-22(5,28-14(2)25)21(16,4)12-19(27)23(18,24)20(3)8-6-15(26)11-17(13)20/h11,13,16,18H,6-10,12H2,1-5H3/t13-,16-,18-,20-,21-,22+,23?/m0/s1. The fourth-order valence-electron chi connectivity index (χ4n) is 7.37. The molecule has 5 heteroatoms. The van der Waals surface area contributed by atoms with Crippen LogP contribution in [0.25, 0.3) is 0 Å². The van der Waals surface area contributed by atoms with E-state index in [4.69, 9.17) is 4.74 Å². The number of hydrogen-bond acceptors (Lipinski definition) is 4. The van der Waals surface area contributed by atoms with Gasteiger partial charge >= 0.3 is 5.97 Å². The lowest BCUT2D eigenvalue weighted by Crippen LogP contribution is -2.68. The second-order valence-corrected chi connectivity index (χ2v) is 10.3. The molecule has 0 spiro atoms. The average molecular weight is 390 g/mol. The quantitative estimate of drug-likeness (QED) is 0.624. The Balaban J connectivity index is 1.82. The zero-order chi connectivity index (χ0) is 20.7. The Bertz CT molecular complexity index is 802. The van der Waals surface area contributed by atoms with Gasteiger partial charge in [-0.15, -0.1) is 0 Å². The maximum Gasteiger partial charge on any atom is 0.303 e. The van der Waals surface area contributed by atoms with Gasteiger partial charge in [0.2, 0.25) is 0 Å². The number of fused-ring (bicyclic) bond motifs is 5. The highest BCUT2D eigenvalue weighted by Crippen LogP contribution is 2.70. The molecule has 3 fully saturated rings. The Labute approximate surface area is 166 Å². The summed E-state index contributed by atoms with van der Waals surface area (Å²) in [5.41, 5.74) is -3.35. The van der Waals surface area contributed by atoms with Crippen molar-refractivity contribution in [3.8, 4) is 0 Å². The van der Waals surface area contributed by atoms with Crippen LogP contribution in [0.15, 0.2) is 11.6 Å². The van der Waals surface area contributed by atoms with Crippen molar-refractivity contribution in [1.82, 2.24) is 0 Å². The Morgan fingerprint density at radius 2 is 1.86 bits per heavy atom. The van der Waals surface area contributed by atoms with E-state index in [2.05, 4.69) is 6.92 Å². The molecule has 1 unspecified atom stereocenters. The van der Waals surface area contributed by atoms with Crippen LogP contribution in [0, 0.1) is 28.6 Å². The highest BCUT2D eigenvalue weighted by atomic mass is 19.1. The number of esters is 1. The van der Waals surface area contributed by atoms with Crippen molar-refractivity contribution in [3.63, 3.8) is 0 Å². The van der Waals surface area contributed by atoms with Gasteiger partial charge in [0.15, 0.2) is 17.2 Å². The molecule has 0 N–H and O–H groups in total. The molecule has 154 valence electrons. The molecule has 0 aromatic carbocycles. The lowest BCUT2D eigenvalue weighted by Gasteiger charge is -2.62. The summed E-state index contributed by atoms with van der Waals surface area (Å²) in [4.78, 5) is 37.3. The number of ketones is 2. The first-order chi connectivity index (χ1) is 12.9. The number of Topliss-reactive ketones (excluding diaryl/α,β-unsaturated/α-hetero) is 1. The summed E-state index contributed by atoms with van der Waals surface area (Å²) in [6, 6.07) is 0. The van der Waals surface area contributed by atoms with Gasteiger partial charge in [-0.3, -0.25) is 14.4 Å². The molecule has 0 heterocycles. The van der Waals surface area contributed by atoms with Gasteiger partial charge < -0.3 is 4.74 Å². The lowest BCUT2D eigenvalue weighted by molar-refractivity contribution is -0.197. The van der Waals surface area contributed by atoms with Crippen molar-refractivity contribution in [1.29, 1.82) is 0 Å². The van der Waals surface area contributed by atoms with Gasteiger partial charge in [-0.05, 0) is 50.5 Å². The molecule has 0 aromatic heterocycles. The Morgan fingerprint density at radius 3 is 2.50 bits per heavy atom. The first-order valence-electron chi connectivity index (χ1n) is 10.6. The number of allylic oxidation sites excluding steroid dienone is 1. The maximum absolute atomic E-state index is 16.9. The second-order valence-electron chi connectivity index (χ2n) is 10.3. The van der Waals surface area contributed by atoms with E-state index >= 15 is 4.39 Å². The minimum atomic E-state index is -1.95. The van der Waals surface area contributed by atoms with Crippen molar-refractivity contribution in [3.05, 3.63) is 11.6 Å². The van der Waals surface area contributed by atoms with E-state index < -0.39 is 28.0 Å². The van der Waals surface area contributed by atoms with Crippen LogP contribution < -0.4 is 0 Å². The van der Waals surface area contributed by atoms with E-state index in [0.29, 0.717) is 25.7 Å². The fraction of sp³-hybridized carbons (Fsp3) is 0.783. The number of ether oxygens (including phenoxy) is 1. The molecule has 0 bridgehead atoms. The summed E-state index contributed by atoms with van der Waals surface area (Å²) in [7, 11) is 0. The molecule has 0 aromatic rings. The van der Waals surface area contributed by atoms with Crippen molar-refractivity contribution in [2.45, 2.75) is 84.4 Å². The van der Waals surface area contributed by atoms with Crippen LogP contribution in [0.5, 0.6) is 0 Å². The van der Waals surface area contributed by atoms with E-state index in [0.717, 1.165) is 12.0 Å². The van der Waals surface area contributed by atoms with E-state index in [1.807, 2.05) is 20.8 Å². The van der Waals surface area contributed by atoms with Gasteiger partial charge in [0.1, 0.15) is 5.60 Å². The fourth-order valence-corrected chi connectivity index (χ4v) is 7.37. The average Bonchev–Trinajstić information content (AvgIpc) is 2.83. The predicted octanol–water partition coefficient (Wildman–Crippen LogP) is 4.36. The number of hydrogen-bond donors (Lipinski definition) is 0. The van der Waals surface area contributed by atoms with Gasteiger partial charge in [-0.25, -0.2) is 4.39 Å². The Hall–Kier alpha value is -1.52. The first kappa shape index (κ1) is 19.8. The van der Waals surface area contributed by atoms with Crippen molar-refractivity contribution in [2.24, 2.45) is 28.6 Å². The topological polar surface area (TPSA) is 60.4 Å². The second kappa shape index (κ2) is 5.76. The normalized spacial score (nSPS) is 50.4. The number of carbonyl (C=O) groups excluding carboxylic acids is 3. The number of rotatable bonds is 1. The monoisotopic (exact) mass is 390 g/mol. The molecule has 4 rings (SSSR count). The molecule has 0 aliphatic heterocycles. The molecule has 4 aliphatic rings. The molecule has 7 atom stereocenters. The van der Waals surface area contributed by atoms with Gasteiger partial charge in [-0.2, -0.15) is 0 Å². The summed E-state index contributed by atoms with van der Waals surface area (Å²) < 4.78 is 22.7. The summed E-state index contributed by atoms with van der Waals surface area (Å²) >= 11 is 0. The van der Waals surface area contributed by atoms with E-state index in [1.165, 1.54) is 6.92 Å². The largest absolute Gasteiger partial charge is 0.459 e. The Morgan fingerprint density at radius 1 is 1.18 bits per heavy atom. The molecule has 28 heavy (non-hydrogen) atoms. The van der Waals surface area contributed by atoms with Crippen LogP contribution in [0.4, 0.5) is 4.39 Å². The van der Waals surface area contributed by atoms with Crippen LogP contribution in [0.3, 0.4) is 0 Å². The minimum absolute atomic E-state index is 0.0157. The van der Waals surface area contributed by atoms with Gasteiger partial charge in [-0.1, -0.05) is 26.3 Å². The highest BCUT2D eigenvalue weighted by molar-refractivity contribution is 5.95. The maximum atomic E-state index is 16.9. The van der Waals surface area contributed by atoms with E-state index in [1.54, 1.807) is 6.08 Å². The van der Waals surface area contributed by atoms with Crippen LogP contribution in [-0.2, 0) is 19.1 Å². The third-order valence-corrected chi connectivity index (χ3v) is 9.02. The summed E-state index contributed by atoms with van der Waals surface area (Å²) in [6.07, 6.45) is 4.36. The van der Waals surface area contributed by atoms with Gasteiger partial charge in [0, 0.05) is 36.5 Å². The molecular formula is C23H31FO4. The highest BCUT2D eigenvalue weighted by Gasteiger charge is 2.74. The zero-order valence-electron chi connectivity index (χ0n) is 17.6. The molecule has 0 radical (unpaired) electrons. The summed E-state index contributed by atoms with van der Waals surface area (Å²) in [5, 5.41) is 0. The van der Waals surface area contributed by atoms with Gasteiger partial charge in [0.05, 0.1) is 0 Å². The Kier molecular flexibility index (Phi) is 4.07. The third kappa shape index (κ3) is 2.19. The number of halogens is 1. The zero-order valence-corrected chi connectivity index (χ0v) is 17.6. The van der Waals surface area contributed by atoms with Crippen LogP contribution in [0.1, 0.15) is 73.1 Å². The number of alkyl halides is 1. The molecule has 4 nitrogen and oxygen atoms in total. The minimum Gasteiger partial charge on any atom is -0.459 e. The molecule has 0 amide bonds. The lowest BCUT2D eigenvalue weighted by atomic mass is 9.43. The van der Waals surface area contributed by atoms with E-state index in [9.17, 15) is 14.4 Å². The molecular weight excluding hydrogens is 359 g/mol. The summed E-state index contributed by atoms with van der Waals surface area (Å²) in [5.74, 6) is -1.03. The molecule has 4 aliphatic carbocycles. The smallest absolute Gasteiger partial charge is 0.303 e. The van der Waals surface area contributed by atoms with E-state index in [-0.39, 0.29) is 35.8 Å². The summed E-state index contributed by atoms with van der Waals surface area (Å²) in [6.45, 7) is 9.22. The van der Waals surface area contributed by atoms with Crippen LogP contribution in [-0.4, -0.2) is 28.8 Å². The number of carbonyl (C=O) groups is 3. The molecule has 0 saturated heterocycles.